The van der Waals surface area contributed by atoms with Crippen molar-refractivity contribution < 1.29 is 17.9 Å². The van der Waals surface area contributed by atoms with Crippen molar-refractivity contribution in [1.29, 1.82) is 0 Å². The van der Waals surface area contributed by atoms with Crippen molar-refractivity contribution in [2.75, 3.05) is 32.8 Å². The van der Waals surface area contributed by atoms with Crippen LogP contribution in [0.2, 0.25) is 0 Å². The molecule has 1 saturated heterocycles. The first kappa shape index (κ1) is 23.1. The van der Waals surface area contributed by atoms with Crippen LogP contribution in [-0.2, 0) is 18.0 Å². The summed E-state index contributed by atoms with van der Waals surface area (Å²) < 4.78 is 46.6. The molecule has 1 aliphatic rings. The van der Waals surface area contributed by atoms with Crippen LogP contribution in [0.5, 0.6) is 0 Å². The van der Waals surface area contributed by atoms with E-state index in [0.717, 1.165) is 30.7 Å². The lowest BCUT2D eigenvalue weighted by Crippen LogP contribution is -2.48. The Bertz CT molecular complexity index is 880. The van der Waals surface area contributed by atoms with E-state index < -0.39 is 11.7 Å². The van der Waals surface area contributed by atoms with Gasteiger partial charge in [0.25, 0.3) is 0 Å². The minimum absolute atomic E-state index is 0.0262. The average molecular weight is 438 g/mol. The lowest BCUT2D eigenvalue weighted by atomic mass is 9.96. The van der Waals surface area contributed by atoms with Gasteiger partial charge in [-0.25, -0.2) is 0 Å². The summed E-state index contributed by atoms with van der Waals surface area (Å²) >= 11 is 0. The van der Waals surface area contributed by atoms with E-state index in [1.54, 1.807) is 10.7 Å². The van der Waals surface area contributed by atoms with Gasteiger partial charge in [-0.3, -0.25) is 9.67 Å². The highest BCUT2D eigenvalue weighted by atomic mass is 19.4. The Morgan fingerprint density at radius 2 is 2.19 bits per heavy atom. The number of halogens is 3. The molecule has 0 aliphatic carbocycles. The second kappa shape index (κ2) is 10.2. The number of ether oxygens (including phenoxy) is 1. The topological polar surface area (TPSA) is 54.7 Å². The number of aliphatic imine (C=N–C) groups is 1. The molecule has 0 amide bonds. The van der Waals surface area contributed by atoms with Crippen LogP contribution in [0.25, 0.3) is 0 Å². The SMILES string of the molecule is CCNC(=NCCC(C)c1cccc(C(F)(F)F)c1)N1CCOC(c2cnn(C)c2)C1. The van der Waals surface area contributed by atoms with Gasteiger partial charge in [-0.15, -0.1) is 0 Å². The molecule has 1 aromatic carbocycles. The van der Waals surface area contributed by atoms with Crippen LogP contribution < -0.4 is 5.32 Å². The standard InChI is InChI=1S/C22H30F3N5O/c1-4-26-21(30-10-11-31-20(15-30)18-13-28-29(3)14-18)27-9-8-16(2)17-6-5-7-19(12-17)22(23,24)25/h5-7,12-14,16,20H,4,8-11,15H2,1-3H3,(H,26,27). The normalized spacial score (nSPS) is 18.8. The van der Waals surface area contributed by atoms with Crippen molar-refractivity contribution in [1.82, 2.24) is 20.0 Å². The van der Waals surface area contributed by atoms with Crippen LogP contribution in [0.3, 0.4) is 0 Å². The fraction of sp³-hybridized carbons (Fsp3) is 0.545. The Morgan fingerprint density at radius 3 is 2.87 bits per heavy atom. The quantitative estimate of drug-likeness (QED) is 0.549. The number of alkyl halides is 3. The van der Waals surface area contributed by atoms with Gasteiger partial charge >= 0.3 is 6.18 Å². The number of nitrogens with one attached hydrogen (secondary N) is 1. The van der Waals surface area contributed by atoms with Crippen LogP contribution in [-0.4, -0.2) is 53.4 Å². The third-order valence-electron chi connectivity index (χ3n) is 5.40. The molecule has 2 aromatic rings. The molecule has 2 unspecified atom stereocenters. The molecule has 0 saturated carbocycles. The highest BCUT2D eigenvalue weighted by Gasteiger charge is 2.30. The molecule has 1 aliphatic heterocycles. The predicted octanol–water partition coefficient (Wildman–Crippen LogP) is 3.97. The van der Waals surface area contributed by atoms with Crippen LogP contribution in [0.15, 0.2) is 41.7 Å². The summed E-state index contributed by atoms with van der Waals surface area (Å²) in [7, 11) is 1.88. The number of hydrogen-bond donors (Lipinski definition) is 1. The molecular formula is C22H30F3N5O. The fourth-order valence-corrected chi connectivity index (χ4v) is 3.63. The zero-order valence-electron chi connectivity index (χ0n) is 18.2. The molecule has 170 valence electrons. The molecule has 1 N–H and O–H groups in total. The van der Waals surface area contributed by atoms with Gasteiger partial charge in [-0.1, -0.05) is 25.1 Å². The smallest absolute Gasteiger partial charge is 0.370 e. The van der Waals surface area contributed by atoms with E-state index in [-0.39, 0.29) is 12.0 Å². The Hall–Kier alpha value is -2.55. The summed E-state index contributed by atoms with van der Waals surface area (Å²) in [5.41, 5.74) is 1.10. The second-order valence-corrected chi connectivity index (χ2v) is 7.80. The van der Waals surface area contributed by atoms with Gasteiger partial charge < -0.3 is 15.0 Å². The highest BCUT2D eigenvalue weighted by Crippen LogP contribution is 2.31. The van der Waals surface area contributed by atoms with E-state index in [1.165, 1.54) is 12.1 Å². The fourth-order valence-electron chi connectivity index (χ4n) is 3.63. The molecule has 6 nitrogen and oxygen atoms in total. The number of guanidine groups is 1. The number of nitrogens with zero attached hydrogens (tertiary/aromatic N) is 4. The summed E-state index contributed by atoms with van der Waals surface area (Å²) in [6.45, 7) is 7.19. The highest BCUT2D eigenvalue weighted by molar-refractivity contribution is 5.80. The number of benzene rings is 1. The first-order valence-corrected chi connectivity index (χ1v) is 10.6. The number of hydrogen-bond acceptors (Lipinski definition) is 3. The van der Waals surface area contributed by atoms with Crippen molar-refractivity contribution in [3.05, 3.63) is 53.3 Å². The van der Waals surface area contributed by atoms with Gasteiger partial charge in [0.05, 0.1) is 24.9 Å². The minimum Gasteiger partial charge on any atom is -0.370 e. The van der Waals surface area contributed by atoms with Crippen molar-refractivity contribution in [2.24, 2.45) is 12.0 Å². The van der Waals surface area contributed by atoms with Gasteiger partial charge in [0.1, 0.15) is 6.10 Å². The maximum atomic E-state index is 13.0. The molecule has 0 spiro atoms. The van der Waals surface area contributed by atoms with Crippen LogP contribution >= 0.6 is 0 Å². The molecule has 3 rings (SSSR count). The third kappa shape index (κ3) is 6.22. The number of morpholine rings is 1. The van der Waals surface area contributed by atoms with Crippen LogP contribution in [0, 0.1) is 0 Å². The first-order chi connectivity index (χ1) is 14.8. The van der Waals surface area contributed by atoms with E-state index in [1.807, 2.05) is 33.3 Å². The Morgan fingerprint density at radius 1 is 1.39 bits per heavy atom. The van der Waals surface area contributed by atoms with E-state index in [9.17, 15) is 13.2 Å². The Balaban J connectivity index is 1.63. The zero-order chi connectivity index (χ0) is 22.4. The summed E-state index contributed by atoms with van der Waals surface area (Å²) in [6, 6.07) is 5.55. The summed E-state index contributed by atoms with van der Waals surface area (Å²) in [5.74, 6) is 0.776. The summed E-state index contributed by atoms with van der Waals surface area (Å²) in [4.78, 5) is 6.91. The molecule has 1 fully saturated rings. The maximum absolute atomic E-state index is 13.0. The molecule has 0 bridgehead atoms. The van der Waals surface area contributed by atoms with Crippen molar-refractivity contribution in [3.8, 4) is 0 Å². The largest absolute Gasteiger partial charge is 0.416 e. The second-order valence-electron chi connectivity index (χ2n) is 7.80. The molecule has 0 radical (unpaired) electrons. The lowest BCUT2D eigenvalue weighted by molar-refractivity contribution is -0.137. The molecule has 31 heavy (non-hydrogen) atoms. The third-order valence-corrected chi connectivity index (χ3v) is 5.40. The van der Waals surface area contributed by atoms with Gasteiger partial charge in [0.2, 0.25) is 0 Å². The number of aromatic nitrogens is 2. The molecule has 2 atom stereocenters. The summed E-state index contributed by atoms with van der Waals surface area (Å²) in [5, 5.41) is 7.54. The van der Waals surface area contributed by atoms with Gasteiger partial charge in [-0.2, -0.15) is 18.3 Å². The van der Waals surface area contributed by atoms with Crippen molar-refractivity contribution in [2.45, 2.75) is 38.5 Å². The van der Waals surface area contributed by atoms with Gasteiger partial charge in [-0.05, 0) is 30.9 Å². The van der Waals surface area contributed by atoms with E-state index in [4.69, 9.17) is 9.73 Å². The van der Waals surface area contributed by atoms with Crippen molar-refractivity contribution >= 4 is 5.96 Å². The molecular weight excluding hydrogens is 407 g/mol. The lowest BCUT2D eigenvalue weighted by Gasteiger charge is -2.34. The minimum atomic E-state index is -4.33. The average Bonchev–Trinajstić information content (AvgIpc) is 3.19. The maximum Gasteiger partial charge on any atom is 0.416 e. The first-order valence-electron chi connectivity index (χ1n) is 10.6. The molecule has 1 aromatic heterocycles. The number of aryl methyl sites for hydroxylation is 1. The monoisotopic (exact) mass is 437 g/mol. The number of rotatable bonds is 6. The zero-order valence-corrected chi connectivity index (χ0v) is 18.2. The van der Waals surface area contributed by atoms with Gasteiger partial charge in [0.15, 0.2) is 5.96 Å². The molecule has 2 heterocycles. The molecule has 9 heteroatoms. The van der Waals surface area contributed by atoms with Crippen LogP contribution in [0.4, 0.5) is 13.2 Å². The van der Waals surface area contributed by atoms with E-state index in [2.05, 4.69) is 15.3 Å². The Labute approximate surface area is 181 Å². The van der Waals surface area contributed by atoms with Gasteiger partial charge in [0, 0.05) is 38.4 Å². The Kier molecular flexibility index (Phi) is 7.59. The van der Waals surface area contributed by atoms with E-state index in [0.29, 0.717) is 31.7 Å². The van der Waals surface area contributed by atoms with Crippen LogP contribution in [0.1, 0.15) is 49.0 Å². The van der Waals surface area contributed by atoms with Crippen molar-refractivity contribution in [3.63, 3.8) is 0 Å². The summed E-state index contributed by atoms with van der Waals surface area (Å²) in [6.07, 6.45) is 0.0272. The van der Waals surface area contributed by atoms with E-state index >= 15 is 0 Å². The predicted molar refractivity (Wildman–Crippen MR) is 114 cm³/mol.